The van der Waals surface area contributed by atoms with Crippen molar-refractivity contribution >= 4 is 11.6 Å². The van der Waals surface area contributed by atoms with Gasteiger partial charge in [0, 0.05) is 12.8 Å². The van der Waals surface area contributed by atoms with E-state index < -0.39 is 0 Å². The Balaban J connectivity index is 2.51. The third-order valence-electron chi connectivity index (χ3n) is 2.31. The molecule has 1 aromatic rings. The minimum Gasteiger partial charge on any atom is -0.299 e. The molecule has 2 heteroatoms. The molecule has 0 saturated heterocycles. The van der Waals surface area contributed by atoms with Crippen molar-refractivity contribution in [1.29, 1.82) is 0 Å². The second-order valence-electron chi connectivity index (χ2n) is 3.77. The number of benzene rings is 1. The zero-order chi connectivity index (χ0) is 11.3. The van der Waals surface area contributed by atoms with Gasteiger partial charge in [0.05, 0.1) is 6.42 Å². The lowest BCUT2D eigenvalue weighted by Gasteiger charge is -2.00. The first kappa shape index (κ1) is 11.6. The number of rotatable bonds is 5. The van der Waals surface area contributed by atoms with Crippen molar-refractivity contribution < 1.29 is 9.59 Å². The Bertz CT molecular complexity index is 349. The number of hydrogen-bond acceptors (Lipinski definition) is 2. The lowest BCUT2D eigenvalue weighted by atomic mass is 10.0. The summed E-state index contributed by atoms with van der Waals surface area (Å²) in [6, 6.07) is 7.82. The van der Waals surface area contributed by atoms with E-state index in [1.54, 1.807) is 6.92 Å². The maximum Gasteiger partial charge on any atom is 0.144 e. The molecule has 0 radical (unpaired) electrons. The predicted octanol–water partition coefficient (Wildman–Crippen LogP) is 2.48. The highest BCUT2D eigenvalue weighted by atomic mass is 16.1. The monoisotopic (exact) mass is 204 g/mol. The minimum atomic E-state index is 0.00528. The summed E-state index contributed by atoms with van der Waals surface area (Å²) in [6.45, 7) is 3.79. The van der Waals surface area contributed by atoms with Gasteiger partial charge in [0.25, 0.3) is 0 Å². The van der Waals surface area contributed by atoms with E-state index in [4.69, 9.17) is 0 Å². The average molecular weight is 204 g/mol. The van der Waals surface area contributed by atoms with Gasteiger partial charge in [-0.25, -0.2) is 0 Å². The summed E-state index contributed by atoms with van der Waals surface area (Å²) in [5, 5.41) is 0. The predicted molar refractivity (Wildman–Crippen MR) is 59.8 cm³/mol. The van der Waals surface area contributed by atoms with E-state index in [2.05, 4.69) is 0 Å². The molecule has 0 aliphatic heterocycles. The molecule has 0 aliphatic carbocycles. The van der Waals surface area contributed by atoms with Gasteiger partial charge in [0.1, 0.15) is 11.6 Å². The molecule has 0 aromatic heterocycles. The summed E-state index contributed by atoms with van der Waals surface area (Å²) in [5.41, 5.74) is 2.16. The van der Waals surface area contributed by atoms with Crippen LogP contribution in [-0.2, 0) is 16.0 Å². The van der Waals surface area contributed by atoms with Crippen LogP contribution in [-0.4, -0.2) is 11.6 Å². The number of aryl methyl sites for hydroxylation is 1. The second-order valence-corrected chi connectivity index (χ2v) is 3.77. The van der Waals surface area contributed by atoms with E-state index in [9.17, 15) is 9.59 Å². The maximum absolute atomic E-state index is 11.4. The van der Waals surface area contributed by atoms with Crippen LogP contribution in [0.4, 0.5) is 0 Å². The fourth-order valence-electron chi connectivity index (χ4n) is 1.34. The Labute approximate surface area is 90.3 Å². The van der Waals surface area contributed by atoms with Gasteiger partial charge in [-0.15, -0.1) is 0 Å². The number of Topliss-reactive ketones (excluding diaryl/α,β-unsaturated/α-hetero) is 2. The first-order valence-electron chi connectivity index (χ1n) is 5.20. The number of carbonyl (C=O) groups is 2. The van der Waals surface area contributed by atoms with Crippen molar-refractivity contribution in [1.82, 2.24) is 0 Å². The van der Waals surface area contributed by atoms with Crippen LogP contribution in [0.25, 0.3) is 0 Å². The number of hydrogen-bond donors (Lipinski definition) is 0. The quantitative estimate of drug-likeness (QED) is 0.690. The van der Waals surface area contributed by atoms with Crippen molar-refractivity contribution in [3.63, 3.8) is 0 Å². The average Bonchev–Trinajstić information content (AvgIpc) is 2.21. The van der Waals surface area contributed by atoms with Crippen molar-refractivity contribution in [3.05, 3.63) is 35.4 Å². The lowest BCUT2D eigenvalue weighted by molar-refractivity contribution is -0.126. The zero-order valence-corrected chi connectivity index (χ0v) is 9.25. The van der Waals surface area contributed by atoms with Gasteiger partial charge in [-0.05, 0) is 12.5 Å². The molecule has 0 aliphatic rings. The molecule has 0 saturated carbocycles. The molecule has 1 aromatic carbocycles. The highest BCUT2D eigenvalue weighted by Crippen LogP contribution is 2.05. The Morgan fingerprint density at radius 3 is 2.20 bits per heavy atom. The molecule has 0 unspecified atom stereocenters. The summed E-state index contributed by atoms with van der Waals surface area (Å²) >= 11 is 0. The summed E-state index contributed by atoms with van der Waals surface area (Å²) in [4.78, 5) is 22.5. The summed E-state index contributed by atoms with van der Waals surface area (Å²) < 4.78 is 0. The fraction of sp³-hybridized carbons (Fsp3) is 0.385. The molecule has 0 N–H and O–H groups in total. The first-order chi connectivity index (χ1) is 7.11. The Hall–Kier alpha value is -1.44. The van der Waals surface area contributed by atoms with Gasteiger partial charge < -0.3 is 0 Å². The van der Waals surface area contributed by atoms with Crippen LogP contribution in [0.1, 0.15) is 30.9 Å². The first-order valence-corrected chi connectivity index (χ1v) is 5.20. The molecule has 0 spiro atoms. The fourth-order valence-corrected chi connectivity index (χ4v) is 1.34. The maximum atomic E-state index is 11.4. The third-order valence-corrected chi connectivity index (χ3v) is 2.31. The molecule has 0 heterocycles. The van der Waals surface area contributed by atoms with Crippen molar-refractivity contribution in [2.24, 2.45) is 0 Å². The molecule has 0 bridgehead atoms. The standard InChI is InChI=1S/C13H16O2/c1-3-12(14)9-13(15)8-11-6-4-10(2)5-7-11/h4-7H,3,8-9H2,1-2H3. The molecule has 1 rings (SSSR count). The molecular weight excluding hydrogens is 188 g/mol. The van der Waals surface area contributed by atoms with E-state index >= 15 is 0 Å². The minimum absolute atomic E-state index is 0.00528. The lowest BCUT2D eigenvalue weighted by Crippen LogP contribution is -2.09. The topological polar surface area (TPSA) is 34.1 Å². The molecule has 0 amide bonds. The highest BCUT2D eigenvalue weighted by molar-refractivity contribution is 5.99. The van der Waals surface area contributed by atoms with Gasteiger partial charge in [-0.3, -0.25) is 9.59 Å². The summed E-state index contributed by atoms with van der Waals surface area (Å²) in [6.07, 6.45) is 0.885. The van der Waals surface area contributed by atoms with Crippen LogP contribution in [0.3, 0.4) is 0 Å². The van der Waals surface area contributed by atoms with Crippen LogP contribution >= 0.6 is 0 Å². The highest BCUT2D eigenvalue weighted by Gasteiger charge is 2.08. The zero-order valence-electron chi connectivity index (χ0n) is 9.25. The largest absolute Gasteiger partial charge is 0.299 e. The van der Waals surface area contributed by atoms with E-state index in [1.807, 2.05) is 31.2 Å². The van der Waals surface area contributed by atoms with Crippen LogP contribution in [0.15, 0.2) is 24.3 Å². The van der Waals surface area contributed by atoms with E-state index in [1.165, 1.54) is 5.56 Å². The van der Waals surface area contributed by atoms with Crippen molar-refractivity contribution in [2.75, 3.05) is 0 Å². The Morgan fingerprint density at radius 2 is 1.67 bits per heavy atom. The Kier molecular flexibility index (Phi) is 4.22. The van der Waals surface area contributed by atoms with Gasteiger partial charge in [-0.1, -0.05) is 36.8 Å². The number of ketones is 2. The van der Waals surface area contributed by atoms with Crippen LogP contribution in [0.5, 0.6) is 0 Å². The van der Waals surface area contributed by atoms with Gasteiger partial charge in [0.15, 0.2) is 0 Å². The summed E-state index contributed by atoms with van der Waals surface area (Å²) in [5.74, 6) is 0.0258. The van der Waals surface area contributed by atoms with Gasteiger partial charge in [-0.2, -0.15) is 0 Å². The molecule has 15 heavy (non-hydrogen) atoms. The van der Waals surface area contributed by atoms with Gasteiger partial charge in [0.2, 0.25) is 0 Å². The van der Waals surface area contributed by atoms with E-state index in [0.29, 0.717) is 12.8 Å². The smallest absolute Gasteiger partial charge is 0.144 e. The van der Waals surface area contributed by atoms with Crippen LogP contribution < -0.4 is 0 Å². The van der Waals surface area contributed by atoms with Crippen molar-refractivity contribution in [2.45, 2.75) is 33.1 Å². The SMILES string of the molecule is CCC(=O)CC(=O)Cc1ccc(C)cc1. The Morgan fingerprint density at radius 1 is 1.07 bits per heavy atom. The van der Waals surface area contributed by atoms with Crippen LogP contribution in [0.2, 0.25) is 0 Å². The normalized spacial score (nSPS) is 10.0. The van der Waals surface area contributed by atoms with Crippen molar-refractivity contribution in [3.8, 4) is 0 Å². The molecule has 80 valence electrons. The third kappa shape index (κ3) is 4.07. The molecule has 0 fully saturated rings. The number of carbonyl (C=O) groups excluding carboxylic acids is 2. The molecule has 2 nitrogen and oxygen atoms in total. The molecular formula is C13H16O2. The summed E-state index contributed by atoms with van der Waals surface area (Å²) in [7, 11) is 0. The van der Waals surface area contributed by atoms with Gasteiger partial charge >= 0.3 is 0 Å². The second kappa shape index (κ2) is 5.44. The van der Waals surface area contributed by atoms with E-state index in [0.717, 1.165) is 5.56 Å². The van der Waals surface area contributed by atoms with E-state index in [-0.39, 0.29) is 18.0 Å². The molecule has 0 atom stereocenters. The van der Waals surface area contributed by atoms with Crippen LogP contribution in [0, 0.1) is 6.92 Å².